The highest BCUT2D eigenvalue weighted by molar-refractivity contribution is 8.00. The number of rotatable bonds is 6. The van der Waals surface area contributed by atoms with Gasteiger partial charge in [-0.25, -0.2) is 13.6 Å². The number of amides is 1. The van der Waals surface area contributed by atoms with Gasteiger partial charge >= 0.3 is 5.97 Å². The first kappa shape index (κ1) is 15.2. The minimum absolute atomic E-state index is 0.0382. The fraction of sp³-hybridized carbons (Fsp3) is 0.167. The molecule has 102 valence electrons. The van der Waals surface area contributed by atoms with Crippen LogP contribution in [0.4, 0.5) is 8.78 Å². The van der Waals surface area contributed by atoms with Crippen molar-refractivity contribution in [2.45, 2.75) is 4.90 Å². The van der Waals surface area contributed by atoms with E-state index < -0.39 is 17.6 Å². The molecule has 0 heterocycles. The van der Waals surface area contributed by atoms with E-state index >= 15 is 0 Å². The number of benzene rings is 1. The zero-order chi connectivity index (χ0) is 14.3. The van der Waals surface area contributed by atoms with Crippen molar-refractivity contribution in [3.05, 3.63) is 42.0 Å². The Morgan fingerprint density at radius 1 is 1.37 bits per heavy atom. The number of nitrogens with one attached hydrogen (secondary N) is 1. The number of thioether (sulfide) groups is 1. The summed E-state index contributed by atoms with van der Waals surface area (Å²) in [6, 6.07) is 3.11. The van der Waals surface area contributed by atoms with Crippen molar-refractivity contribution in [3.63, 3.8) is 0 Å². The van der Waals surface area contributed by atoms with E-state index in [1.165, 1.54) is 12.1 Å². The van der Waals surface area contributed by atoms with Crippen LogP contribution in [0.5, 0.6) is 0 Å². The molecule has 0 saturated carbocycles. The third kappa shape index (κ3) is 6.01. The van der Waals surface area contributed by atoms with Gasteiger partial charge in [0.1, 0.15) is 11.6 Å². The minimum Gasteiger partial charge on any atom is -0.478 e. The lowest BCUT2D eigenvalue weighted by atomic mass is 10.3. The van der Waals surface area contributed by atoms with Crippen LogP contribution >= 0.6 is 11.8 Å². The summed E-state index contributed by atoms with van der Waals surface area (Å²) >= 11 is 0.934. The molecule has 0 aliphatic heterocycles. The number of carbonyl (C=O) groups excluding carboxylic acids is 1. The first-order valence-corrected chi connectivity index (χ1v) is 6.21. The first-order valence-electron chi connectivity index (χ1n) is 5.23. The number of carbonyl (C=O) groups is 2. The second-order valence-corrected chi connectivity index (χ2v) is 4.43. The number of aliphatic carboxylic acids is 1. The molecule has 1 aromatic carbocycles. The molecule has 0 spiro atoms. The zero-order valence-electron chi connectivity index (χ0n) is 9.73. The van der Waals surface area contributed by atoms with Crippen molar-refractivity contribution in [2.24, 2.45) is 0 Å². The van der Waals surface area contributed by atoms with Gasteiger partial charge in [-0.05, 0) is 12.1 Å². The van der Waals surface area contributed by atoms with Crippen LogP contribution in [0.2, 0.25) is 0 Å². The van der Waals surface area contributed by atoms with Crippen molar-refractivity contribution >= 4 is 23.6 Å². The number of carboxylic acids is 1. The van der Waals surface area contributed by atoms with E-state index in [1.54, 1.807) is 0 Å². The second kappa shape index (κ2) is 7.52. The maximum atomic E-state index is 13.2. The van der Waals surface area contributed by atoms with Crippen molar-refractivity contribution < 1.29 is 23.5 Å². The van der Waals surface area contributed by atoms with Crippen LogP contribution in [0.15, 0.2) is 35.2 Å². The average Bonchev–Trinajstić information content (AvgIpc) is 2.33. The maximum Gasteiger partial charge on any atom is 0.328 e. The van der Waals surface area contributed by atoms with Crippen LogP contribution in [0.25, 0.3) is 0 Å². The number of hydrogen-bond acceptors (Lipinski definition) is 3. The second-order valence-electron chi connectivity index (χ2n) is 3.41. The van der Waals surface area contributed by atoms with Gasteiger partial charge < -0.3 is 10.4 Å². The molecule has 19 heavy (non-hydrogen) atoms. The highest BCUT2D eigenvalue weighted by Gasteiger charge is 2.07. The smallest absolute Gasteiger partial charge is 0.328 e. The summed E-state index contributed by atoms with van der Waals surface area (Å²) < 4.78 is 25.9. The summed E-state index contributed by atoms with van der Waals surface area (Å²) in [6.07, 6.45) is 2.19. The fourth-order valence-electron chi connectivity index (χ4n) is 1.12. The van der Waals surface area contributed by atoms with Gasteiger partial charge in [0.25, 0.3) is 0 Å². The molecule has 7 heteroatoms. The lowest BCUT2D eigenvalue weighted by molar-refractivity contribution is -0.131. The molecule has 4 nitrogen and oxygen atoms in total. The van der Waals surface area contributed by atoms with Crippen molar-refractivity contribution in [1.29, 1.82) is 0 Å². The standard InChI is InChI=1S/C12H11F2NO3S/c13-8-3-4-10(9(14)6-8)19-7-11(16)15-5-1-2-12(17)18/h1-4,6H,5,7H2,(H,15,16)(H,17,18)/b2-1+. The number of carboxylic acid groups (broad SMARTS) is 1. The van der Waals surface area contributed by atoms with E-state index in [2.05, 4.69) is 5.32 Å². The Labute approximate surface area is 112 Å². The maximum absolute atomic E-state index is 13.2. The number of hydrogen-bond donors (Lipinski definition) is 2. The molecule has 0 aromatic heterocycles. The molecular weight excluding hydrogens is 276 g/mol. The van der Waals surface area contributed by atoms with Crippen LogP contribution in [-0.2, 0) is 9.59 Å². The first-order chi connectivity index (χ1) is 8.99. The van der Waals surface area contributed by atoms with Crippen LogP contribution in [0.3, 0.4) is 0 Å². The van der Waals surface area contributed by atoms with Crippen molar-refractivity contribution in [3.8, 4) is 0 Å². The van der Waals surface area contributed by atoms with Gasteiger partial charge in [0.15, 0.2) is 0 Å². The topological polar surface area (TPSA) is 66.4 Å². The van der Waals surface area contributed by atoms with Gasteiger partial charge in [0, 0.05) is 23.6 Å². The Balaban J connectivity index is 2.36. The highest BCUT2D eigenvalue weighted by Crippen LogP contribution is 2.21. The molecule has 0 saturated heterocycles. The highest BCUT2D eigenvalue weighted by atomic mass is 32.2. The third-order valence-electron chi connectivity index (χ3n) is 1.93. The predicted molar refractivity (Wildman–Crippen MR) is 66.9 cm³/mol. The molecule has 0 radical (unpaired) electrons. The van der Waals surface area contributed by atoms with Gasteiger partial charge in [0.2, 0.25) is 5.91 Å². The predicted octanol–water partition coefficient (Wildman–Crippen LogP) is 1.81. The largest absolute Gasteiger partial charge is 0.478 e. The lowest BCUT2D eigenvalue weighted by Gasteiger charge is -2.03. The summed E-state index contributed by atoms with van der Waals surface area (Å²) in [4.78, 5) is 21.7. The van der Waals surface area contributed by atoms with Gasteiger partial charge in [-0.3, -0.25) is 4.79 Å². The molecule has 1 aromatic rings. The van der Waals surface area contributed by atoms with Crippen LogP contribution < -0.4 is 5.32 Å². The lowest BCUT2D eigenvalue weighted by Crippen LogP contribution is -2.25. The molecular formula is C12H11F2NO3S. The molecule has 0 unspecified atom stereocenters. The monoisotopic (exact) mass is 287 g/mol. The quantitative estimate of drug-likeness (QED) is 0.618. The Morgan fingerprint density at radius 2 is 2.11 bits per heavy atom. The summed E-state index contributed by atoms with van der Waals surface area (Å²) in [5, 5.41) is 10.7. The van der Waals surface area contributed by atoms with E-state index in [1.807, 2.05) is 0 Å². The summed E-state index contributed by atoms with van der Waals surface area (Å²) in [5.74, 6) is -2.90. The van der Waals surface area contributed by atoms with Crippen molar-refractivity contribution in [2.75, 3.05) is 12.3 Å². The summed E-state index contributed by atoms with van der Waals surface area (Å²) in [7, 11) is 0. The third-order valence-corrected chi connectivity index (χ3v) is 2.98. The van der Waals surface area contributed by atoms with Gasteiger partial charge in [-0.2, -0.15) is 0 Å². The molecule has 0 atom stereocenters. The van der Waals surface area contributed by atoms with Crippen LogP contribution in [0, 0.1) is 11.6 Å². The van der Waals surface area contributed by atoms with Crippen molar-refractivity contribution in [1.82, 2.24) is 5.32 Å². The Hall–Kier alpha value is -1.89. The van der Waals surface area contributed by atoms with Gasteiger partial charge in [0.05, 0.1) is 5.75 Å². The molecule has 0 aliphatic rings. The normalized spacial score (nSPS) is 10.6. The van der Waals surface area contributed by atoms with E-state index in [4.69, 9.17) is 5.11 Å². The van der Waals surface area contributed by atoms with Crippen LogP contribution in [-0.4, -0.2) is 29.3 Å². The Morgan fingerprint density at radius 3 is 2.74 bits per heavy atom. The Kier molecular flexibility index (Phi) is 6.01. The van der Waals surface area contributed by atoms with E-state index in [0.717, 1.165) is 30.0 Å². The van der Waals surface area contributed by atoms with E-state index in [9.17, 15) is 18.4 Å². The van der Waals surface area contributed by atoms with Gasteiger partial charge in [-0.1, -0.05) is 6.08 Å². The summed E-state index contributed by atoms with van der Waals surface area (Å²) in [6.45, 7) is 0.0809. The summed E-state index contributed by atoms with van der Waals surface area (Å²) in [5.41, 5.74) is 0. The molecule has 1 rings (SSSR count). The molecule has 2 N–H and O–H groups in total. The minimum atomic E-state index is -1.10. The average molecular weight is 287 g/mol. The van der Waals surface area contributed by atoms with E-state index in [0.29, 0.717) is 0 Å². The molecule has 0 aliphatic carbocycles. The Bertz CT molecular complexity index is 506. The molecule has 0 fully saturated rings. The van der Waals surface area contributed by atoms with E-state index in [-0.39, 0.29) is 23.1 Å². The molecule has 0 bridgehead atoms. The SMILES string of the molecule is O=C(O)/C=C/CNC(=O)CSc1ccc(F)cc1F. The van der Waals surface area contributed by atoms with Gasteiger partial charge in [-0.15, -0.1) is 11.8 Å². The molecule has 1 amide bonds. The fourth-order valence-corrected chi connectivity index (χ4v) is 1.87. The zero-order valence-corrected chi connectivity index (χ0v) is 10.5. The number of halogens is 2. The van der Waals surface area contributed by atoms with Crippen LogP contribution in [0.1, 0.15) is 0 Å².